The minimum atomic E-state index is 0.411. The van der Waals surface area contributed by atoms with E-state index < -0.39 is 0 Å². The first-order chi connectivity index (χ1) is 8.72. The molecule has 1 N–H and O–H groups in total. The highest BCUT2D eigenvalue weighted by atomic mass is 79.9. The fourth-order valence-corrected chi connectivity index (χ4v) is 4.95. The van der Waals surface area contributed by atoms with Crippen LogP contribution in [0.5, 0.6) is 0 Å². The molecular weight excluding hydrogens is 310 g/mol. The van der Waals surface area contributed by atoms with Gasteiger partial charge in [0.25, 0.3) is 0 Å². The summed E-state index contributed by atoms with van der Waals surface area (Å²) in [4.78, 5) is 1.57. The summed E-state index contributed by atoms with van der Waals surface area (Å²) in [6.45, 7) is 3.09. The van der Waals surface area contributed by atoms with E-state index in [9.17, 15) is 0 Å². The number of ether oxygens (including phenoxy) is 1. The summed E-state index contributed by atoms with van der Waals surface area (Å²) in [7, 11) is 0. The number of hydrogen-bond acceptors (Lipinski definition) is 3. The van der Waals surface area contributed by atoms with Gasteiger partial charge in [-0.2, -0.15) is 0 Å². The quantitative estimate of drug-likeness (QED) is 0.883. The van der Waals surface area contributed by atoms with Crippen LogP contribution < -0.4 is 5.32 Å². The van der Waals surface area contributed by atoms with Gasteiger partial charge in [0.1, 0.15) is 0 Å². The molecular formula is C14H20BrNOS. The number of rotatable bonds is 2. The lowest BCUT2D eigenvalue weighted by atomic mass is 9.92. The minimum Gasteiger partial charge on any atom is -0.378 e. The maximum Gasteiger partial charge on any atom is 0.0704 e. The van der Waals surface area contributed by atoms with Crippen LogP contribution in [-0.2, 0) is 11.2 Å². The molecule has 0 aromatic carbocycles. The summed E-state index contributed by atoms with van der Waals surface area (Å²) >= 11 is 5.53. The summed E-state index contributed by atoms with van der Waals surface area (Å²) < 4.78 is 6.90. The van der Waals surface area contributed by atoms with Crippen LogP contribution in [0.3, 0.4) is 0 Å². The van der Waals surface area contributed by atoms with Crippen molar-refractivity contribution < 1.29 is 4.74 Å². The second-order valence-electron chi connectivity index (χ2n) is 5.44. The van der Waals surface area contributed by atoms with Crippen molar-refractivity contribution in [3.8, 4) is 0 Å². The molecule has 2 aliphatic rings. The maximum atomic E-state index is 5.63. The van der Waals surface area contributed by atoms with Gasteiger partial charge >= 0.3 is 0 Å². The van der Waals surface area contributed by atoms with Gasteiger partial charge in [0.05, 0.1) is 9.89 Å². The number of fused-ring (bicyclic) bond motifs is 1. The van der Waals surface area contributed by atoms with Crippen molar-refractivity contribution in [3.05, 3.63) is 20.3 Å². The van der Waals surface area contributed by atoms with Gasteiger partial charge in [0.15, 0.2) is 0 Å². The molecule has 1 aliphatic heterocycles. The molecule has 1 saturated heterocycles. The molecule has 0 spiro atoms. The largest absolute Gasteiger partial charge is 0.378 e. The minimum absolute atomic E-state index is 0.411. The molecule has 3 rings (SSSR count). The second-order valence-corrected chi connectivity index (χ2v) is 7.96. The monoisotopic (exact) mass is 329 g/mol. The van der Waals surface area contributed by atoms with E-state index in [-0.39, 0.29) is 0 Å². The first-order valence-electron chi connectivity index (χ1n) is 6.88. The smallest absolute Gasteiger partial charge is 0.0704 e. The Morgan fingerprint density at radius 1 is 1.44 bits per heavy atom. The first kappa shape index (κ1) is 13.1. The summed E-state index contributed by atoms with van der Waals surface area (Å²) in [6, 6.07) is 3.51. The van der Waals surface area contributed by atoms with Gasteiger partial charge in [0.2, 0.25) is 0 Å². The number of halogens is 1. The molecule has 100 valence electrons. The normalized spacial score (nSPS) is 32.2. The standard InChI is InChI=1S/C14H20BrNOS/c1-9-7-10(5-6-17-9)16-12-3-2-4-13-11(12)8-14(15)18-13/h8-10,12,16H,2-7H2,1H3. The van der Waals surface area contributed by atoms with Gasteiger partial charge in [0, 0.05) is 23.6 Å². The van der Waals surface area contributed by atoms with Crippen LogP contribution >= 0.6 is 27.3 Å². The fraction of sp³-hybridized carbons (Fsp3) is 0.714. The summed E-state index contributed by atoms with van der Waals surface area (Å²) in [5, 5.41) is 3.86. The van der Waals surface area contributed by atoms with Crippen LogP contribution in [0.2, 0.25) is 0 Å². The third kappa shape index (κ3) is 2.82. The molecule has 0 radical (unpaired) electrons. The molecule has 3 atom stereocenters. The molecule has 18 heavy (non-hydrogen) atoms. The molecule has 0 amide bonds. The molecule has 0 saturated carbocycles. The van der Waals surface area contributed by atoms with Crippen molar-refractivity contribution in [2.75, 3.05) is 6.61 Å². The lowest BCUT2D eigenvalue weighted by Crippen LogP contribution is -2.40. The molecule has 3 unspecified atom stereocenters. The van der Waals surface area contributed by atoms with E-state index in [1.807, 2.05) is 11.3 Å². The van der Waals surface area contributed by atoms with Gasteiger partial charge in [-0.25, -0.2) is 0 Å². The Hall–Kier alpha value is 0.1000. The van der Waals surface area contributed by atoms with Crippen molar-refractivity contribution in [2.24, 2.45) is 0 Å². The predicted octanol–water partition coefficient (Wildman–Crippen LogP) is 4.05. The molecule has 1 fully saturated rings. The first-order valence-corrected chi connectivity index (χ1v) is 8.49. The lowest BCUT2D eigenvalue weighted by molar-refractivity contribution is 0.0108. The molecule has 1 aliphatic carbocycles. The van der Waals surface area contributed by atoms with E-state index in [4.69, 9.17) is 4.74 Å². The van der Waals surface area contributed by atoms with E-state index in [0.717, 1.165) is 19.4 Å². The highest BCUT2D eigenvalue weighted by Gasteiger charge is 2.27. The molecule has 1 aromatic heterocycles. The van der Waals surface area contributed by atoms with Crippen LogP contribution in [0.25, 0.3) is 0 Å². The van der Waals surface area contributed by atoms with E-state index >= 15 is 0 Å². The predicted molar refractivity (Wildman–Crippen MR) is 79.3 cm³/mol. The Kier molecular flexibility index (Phi) is 4.09. The molecule has 4 heteroatoms. The average Bonchev–Trinajstić information content (AvgIpc) is 2.71. The highest BCUT2D eigenvalue weighted by Crippen LogP contribution is 2.38. The zero-order valence-electron chi connectivity index (χ0n) is 10.7. The van der Waals surface area contributed by atoms with E-state index in [0.29, 0.717) is 18.2 Å². The van der Waals surface area contributed by atoms with E-state index in [2.05, 4.69) is 34.2 Å². The fourth-order valence-electron chi connectivity index (χ4n) is 3.13. The molecule has 1 aromatic rings. The third-order valence-corrected chi connectivity index (χ3v) is 5.72. The van der Waals surface area contributed by atoms with Crippen molar-refractivity contribution in [1.29, 1.82) is 0 Å². The van der Waals surface area contributed by atoms with Crippen molar-refractivity contribution in [1.82, 2.24) is 5.32 Å². The van der Waals surface area contributed by atoms with Gasteiger partial charge in [-0.1, -0.05) is 0 Å². The Labute approximate surface area is 121 Å². The number of aryl methyl sites for hydroxylation is 1. The Balaban J connectivity index is 1.70. The Morgan fingerprint density at radius 3 is 3.17 bits per heavy atom. The van der Waals surface area contributed by atoms with Gasteiger partial charge < -0.3 is 10.1 Å². The Bertz CT molecular complexity index is 420. The number of nitrogens with one attached hydrogen (secondary N) is 1. The van der Waals surface area contributed by atoms with Crippen LogP contribution in [-0.4, -0.2) is 18.8 Å². The van der Waals surface area contributed by atoms with Crippen molar-refractivity contribution in [2.45, 2.75) is 57.2 Å². The second kappa shape index (κ2) is 5.61. The van der Waals surface area contributed by atoms with Crippen molar-refractivity contribution in [3.63, 3.8) is 0 Å². The highest BCUT2D eigenvalue weighted by molar-refractivity contribution is 9.11. The number of thiophene rings is 1. The maximum absolute atomic E-state index is 5.63. The van der Waals surface area contributed by atoms with Crippen LogP contribution in [0, 0.1) is 0 Å². The Morgan fingerprint density at radius 2 is 2.33 bits per heavy atom. The van der Waals surface area contributed by atoms with E-state index in [1.54, 1.807) is 4.88 Å². The lowest BCUT2D eigenvalue weighted by Gasteiger charge is -2.33. The van der Waals surface area contributed by atoms with E-state index in [1.165, 1.54) is 28.6 Å². The topological polar surface area (TPSA) is 21.3 Å². The average molecular weight is 330 g/mol. The third-order valence-electron chi connectivity index (χ3n) is 4.01. The van der Waals surface area contributed by atoms with Crippen LogP contribution in [0.15, 0.2) is 9.85 Å². The molecule has 2 nitrogen and oxygen atoms in total. The van der Waals surface area contributed by atoms with Gasteiger partial charge in [-0.15, -0.1) is 11.3 Å². The van der Waals surface area contributed by atoms with Gasteiger partial charge in [-0.3, -0.25) is 0 Å². The zero-order valence-corrected chi connectivity index (χ0v) is 13.1. The SMILES string of the molecule is CC1CC(NC2CCCc3sc(Br)cc32)CCO1. The summed E-state index contributed by atoms with van der Waals surface area (Å²) in [6.07, 6.45) is 6.57. The van der Waals surface area contributed by atoms with Gasteiger partial charge in [-0.05, 0) is 66.6 Å². The summed E-state index contributed by atoms with van der Waals surface area (Å²) in [5.74, 6) is 0. The summed E-state index contributed by atoms with van der Waals surface area (Å²) in [5.41, 5.74) is 1.54. The molecule has 0 bridgehead atoms. The van der Waals surface area contributed by atoms with Crippen molar-refractivity contribution >= 4 is 27.3 Å². The molecule has 2 heterocycles. The van der Waals surface area contributed by atoms with Crippen LogP contribution in [0.1, 0.15) is 49.1 Å². The zero-order chi connectivity index (χ0) is 12.5. The number of hydrogen-bond donors (Lipinski definition) is 1. The van der Waals surface area contributed by atoms with Crippen LogP contribution in [0.4, 0.5) is 0 Å².